The van der Waals surface area contributed by atoms with Gasteiger partial charge in [0.1, 0.15) is 0 Å². The van der Waals surface area contributed by atoms with Crippen molar-refractivity contribution in [3.05, 3.63) is 28.8 Å². The van der Waals surface area contributed by atoms with Crippen molar-refractivity contribution in [1.82, 2.24) is 4.90 Å². The number of rotatable bonds is 2. The lowest BCUT2D eigenvalue weighted by atomic mass is 10.1. The molecular formula is C14H15ClN2O2. The predicted molar refractivity (Wildman–Crippen MR) is 73.8 cm³/mol. The molecule has 0 spiro atoms. The minimum Gasteiger partial charge on any atom is -0.368 e. The molecule has 2 aliphatic rings. The molecule has 3 rings (SSSR count). The maximum Gasteiger partial charge on any atom is 0.223 e. The fraction of sp³-hybridized carbons (Fsp3) is 0.429. The summed E-state index contributed by atoms with van der Waals surface area (Å²) in [5.74, 6) is 0.277. The Morgan fingerprint density at radius 1 is 1.32 bits per heavy atom. The average Bonchev–Trinajstić information content (AvgIpc) is 2.80. The summed E-state index contributed by atoms with van der Waals surface area (Å²) in [6, 6.07) is 5.82. The fourth-order valence-electron chi connectivity index (χ4n) is 2.91. The standard InChI is InChI=1S/C14H15ClN2O2/c15-13-7-11(2-1-10(13)9-18)16-5-6-17-12(8-16)3-4-14(17)19/h1-2,7,9,12H,3-6,8H2. The molecule has 100 valence electrons. The Balaban J connectivity index is 1.78. The Morgan fingerprint density at radius 2 is 2.16 bits per heavy atom. The summed E-state index contributed by atoms with van der Waals surface area (Å²) < 4.78 is 0. The third-order valence-electron chi connectivity index (χ3n) is 3.97. The van der Waals surface area contributed by atoms with Crippen LogP contribution in [0.25, 0.3) is 0 Å². The molecule has 0 radical (unpaired) electrons. The Hall–Kier alpha value is -1.55. The first-order chi connectivity index (χ1) is 9.19. The molecule has 5 heteroatoms. The van der Waals surface area contributed by atoms with Gasteiger partial charge in [-0.15, -0.1) is 0 Å². The molecule has 19 heavy (non-hydrogen) atoms. The minimum atomic E-state index is 0.277. The van der Waals surface area contributed by atoms with Crippen molar-refractivity contribution in [1.29, 1.82) is 0 Å². The summed E-state index contributed by atoms with van der Waals surface area (Å²) in [6.45, 7) is 2.44. The third-order valence-corrected chi connectivity index (χ3v) is 4.30. The van der Waals surface area contributed by atoms with E-state index in [2.05, 4.69) is 4.90 Å². The summed E-state index contributed by atoms with van der Waals surface area (Å²) in [7, 11) is 0. The van der Waals surface area contributed by atoms with Gasteiger partial charge >= 0.3 is 0 Å². The number of carbonyl (C=O) groups is 2. The van der Waals surface area contributed by atoms with Gasteiger partial charge in [0.25, 0.3) is 0 Å². The zero-order valence-electron chi connectivity index (χ0n) is 10.5. The molecule has 1 atom stereocenters. The number of hydrogen-bond acceptors (Lipinski definition) is 3. The van der Waals surface area contributed by atoms with Crippen LogP contribution in [-0.4, -0.2) is 42.8 Å². The lowest BCUT2D eigenvalue weighted by molar-refractivity contribution is -0.129. The topological polar surface area (TPSA) is 40.6 Å². The van der Waals surface area contributed by atoms with Gasteiger partial charge in [-0.3, -0.25) is 9.59 Å². The number of nitrogens with zero attached hydrogens (tertiary/aromatic N) is 2. The van der Waals surface area contributed by atoms with Crippen LogP contribution in [0.1, 0.15) is 23.2 Å². The Morgan fingerprint density at radius 3 is 2.89 bits per heavy atom. The van der Waals surface area contributed by atoms with Gasteiger partial charge in [0.15, 0.2) is 6.29 Å². The number of fused-ring (bicyclic) bond motifs is 1. The van der Waals surface area contributed by atoms with E-state index in [4.69, 9.17) is 11.6 Å². The van der Waals surface area contributed by atoms with Crippen molar-refractivity contribution in [3.8, 4) is 0 Å². The molecule has 2 saturated heterocycles. The van der Waals surface area contributed by atoms with E-state index in [0.717, 1.165) is 38.0 Å². The quantitative estimate of drug-likeness (QED) is 0.777. The number of halogens is 1. The number of aldehydes is 1. The molecule has 2 fully saturated rings. The van der Waals surface area contributed by atoms with Gasteiger partial charge in [0.2, 0.25) is 5.91 Å². The van der Waals surface area contributed by atoms with Crippen molar-refractivity contribution in [3.63, 3.8) is 0 Å². The SMILES string of the molecule is O=Cc1ccc(N2CCN3C(=O)CCC3C2)cc1Cl. The van der Waals surface area contributed by atoms with E-state index in [0.29, 0.717) is 23.0 Å². The molecule has 0 saturated carbocycles. The maximum atomic E-state index is 11.6. The van der Waals surface area contributed by atoms with E-state index in [-0.39, 0.29) is 5.91 Å². The second kappa shape index (κ2) is 4.85. The maximum absolute atomic E-state index is 11.6. The number of carbonyl (C=O) groups excluding carboxylic acids is 2. The van der Waals surface area contributed by atoms with Gasteiger partial charge in [0, 0.05) is 43.3 Å². The monoisotopic (exact) mass is 278 g/mol. The van der Waals surface area contributed by atoms with E-state index >= 15 is 0 Å². The van der Waals surface area contributed by atoms with Gasteiger partial charge in [0.05, 0.1) is 5.02 Å². The largest absolute Gasteiger partial charge is 0.368 e. The van der Waals surface area contributed by atoms with Gasteiger partial charge < -0.3 is 9.80 Å². The van der Waals surface area contributed by atoms with Gasteiger partial charge in [-0.05, 0) is 24.6 Å². The van der Waals surface area contributed by atoms with Crippen LogP contribution in [0.5, 0.6) is 0 Å². The molecule has 1 aromatic rings. The second-order valence-corrected chi connectivity index (χ2v) is 5.46. The molecule has 0 N–H and O–H groups in total. The molecule has 2 heterocycles. The third kappa shape index (κ3) is 2.21. The van der Waals surface area contributed by atoms with Crippen molar-refractivity contribution in [2.75, 3.05) is 24.5 Å². The van der Waals surface area contributed by atoms with E-state index in [1.165, 1.54) is 0 Å². The highest BCUT2D eigenvalue weighted by atomic mass is 35.5. The normalized spacial score (nSPS) is 22.6. The number of hydrogen-bond donors (Lipinski definition) is 0. The highest BCUT2D eigenvalue weighted by Gasteiger charge is 2.35. The van der Waals surface area contributed by atoms with Crippen LogP contribution in [0, 0.1) is 0 Å². The van der Waals surface area contributed by atoms with E-state index in [1.807, 2.05) is 17.0 Å². The smallest absolute Gasteiger partial charge is 0.223 e. The van der Waals surface area contributed by atoms with Crippen LogP contribution < -0.4 is 4.90 Å². The molecule has 1 unspecified atom stereocenters. The first-order valence-electron chi connectivity index (χ1n) is 6.48. The van der Waals surface area contributed by atoms with E-state index < -0.39 is 0 Å². The Kier molecular flexibility index (Phi) is 3.19. The highest BCUT2D eigenvalue weighted by Crippen LogP contribution is 2.28. The van der Waals surface area contributed by atoms with Gasteiger partial charge in [-0.2, -0.15) is 0 Å². The zero-order chi connectivity index (χ0) is 13.4. The van der Waals surface area contributed by atoms with Crippen LogP contribution >= 0.6 is 11.6 Å². The Bertz CT molecular complexity index is 532. The second-order valence-electron chi connectivity index (χ2n) is 5.05. The number of benzene rings is 1. The van der Waals surface area contributed by atoms with Crippen LogP contribution in [0.15, 0.2) is 18.2 Å². The van der Waals surface area contributed by atoms with Crippen molar-refractivity contribution in [2.24, 2.45) is 0 Å². The van der Waals surface area contributed by atoms with Crippen molar-refractivity contribution in [2.45, 2.75) is 18.9 Å². The summed E-state index contributed by atoms with van der Waals surface area (Å²) >= 11 is 6.06. The number of anilines is 1. The van der Waals surface area contributed by atoms with E-state index in [1.54, 1.807) is 6.07 Å². The van der Waals surface area contributed by atoms with Gasteiger partial charge in [-0.25, -0.2) is 0 Å². The molecule has 0 bridgehead atoms. The average molecular weight is 279 g/mol. The van der Waals surface area contributed by atoms with Crippen molar-refractivity contribution >= 4 is 29.5 Å². The lowest BCUT2D eigenvalue weighted by Gasteiger charge is -2.39. The van der Waals surface area contributed by atoms with E-state index in [9.17, 15) is 9.59 Å². The van der Waals surface area contributed by atoms with Crippen molar-refractivity contribution < 1.29 is 9.59 Å². The van der Waals surface area contributed by atoms with Crippen LogP contribution in [0.3, 0.4) is 0 Å². The van der Waals surface area contributed by atoms with Crippen LogP contribution in [0.4, 0.5) is 5.69 Å². The predicted octanol–water partition coefficient (Wildman–Crippen LogP) is 1.96. The summed E-state index contributed by atoms with van der Waals surface area (Å²) in [6.07, 6.45) is 2.37. The molecule has 1 amide bonds. The summed E-state index contributed by atoms with van der Waals surface area (Å²) in [5.41, 5.74) is 1.54. The molecular weight excluding hydrogens is 264 g/mol. The molecule has 4 nitrogen and oxygen atoms in total. The highest BCUT2D eigenvalue weighted by molar-refractivity contribution is 6.33. The summed E-state index contributed by atoms with van der Waals surface area (Å²) in [5, 5.41) is 0.484. The molecule has 0 aromatic heterocycles. The van der Waals surface area contributed by atoms with Crippen LogP contribution in [0.2, 0.25) is 5.02 Å². The molecule has 2 aliphatic heterocycles. The van der Waals surface area contributed by atoms with Crippen LogP contribution in [-0.2, 0) is 4.79 Å². The first-order valence-corrected chi connectivity index (χ1v) is 6.86. The minimum absolute atomic E-state index is 0.277. The Labute approximate surface area is 116 Å². The number of piperazine rings is 1. The zero-order valence-corrected chi connectivity index (χ0v) is 11.3. The first kappa shape index (κ1) is 12.5. The van der Waals surface area contributed by atoms with Gasteiger partial charge in [-0.1, -0.05) is 11.6 Å². The molecule has 0 aliphatic carbocycles. The molecule has 1 aromatic carbocycles. The lowest BCUT2D eigenvalue weighted by Crippen LogP contribution is -2.51. The summed E-state index contributed by atoms with van der Waals surface area (Å²) in [4.78, 5) is 26.6. The fourth-order valence-corrected chi connectivity index (χ4v) is 3.13. The number of amides is 1.